The molecule has 1 aromatic heterocycles. The van der Waals surface area contributed by atoms with Gasteiger partial charge in [-0.05, 0) is 38.5 Å². The van der Waals surface area contributed by atoms with Crippen LogP contribution in [0.25, 0.3) is 0 Å². The van der Waals surface area contributed by atoms with Crippen LogP contribution in [0.3, 0.4) is 0 Å². The topological polar surface area (TPSA) is 38.9 Å². The molecule has 10 heavy (non-hydrogen) atoms. The number of nitrogens with zero attached hydrogens (tertiary/aromatic N) is 1. The van der Waals surface area contributed by atoms with Crippen molar-refractivity contribution in [3.05, 3.63) is 20.2 Å². The zero-order chi connectivity index (χ0) is 7.72. The molecule has 1 aromatic rings. The molecule has 0 saturated heterocycles. The number of nitrogen functional groups attached to an aromatic ring is 1. The highest BCUT2D eigenvalue weighted by Gasteiger charge is 2.06. The molecule has 0 aliphatic rings. The van der Waals surface area contributed by atoms with E-state index in [4.69, 9.17) is 5.73 Å². The molecule has 2 nitrogen and oxygen atoms in total. The van der Waals surface area contributed by atoms with E-state index in [-0.39, 0.29) is 0 Å². The summed E-state index contributed by atoms with van der Waals surface area (Å²) in [7, 11) is 0. The Kier molecular flexibility index (Phi) is 2.45. The molecule has 0 aromatic carbocycles. The first-order valence-electron chi connectivity index (χ1n) is 2.38. The number of hydrogen-bond acceptors (Lipinski definition) is 2. The SMILES string of the molecule is Nc1c(Br)cnc(F)c1I. The molecule has 0 aliphatic carbocycles. The van der Waals surface area contributed by atoms with E-state index in [1.165, 1.54) is 6.20 Å². The summed E-state index contributed by atoms with van der Waals surface area (Å²) in [4.78, 5) is 3.44. The highest BCUT2D eigenvalue weighted by molar-refractivity contribution is 14.1. The first-order chi connectivity index (χ1) is 4.63. The predicted octanol–water partition coefficient (Wildman–Crippen LogP) is 2.17. The highest BCUT2D eigenvalue weighted by Crippen LogP contribution is 2.24. The number of rotatable bonds is 0. The van der Waals surface area contributed by atoms with Gasteiger partial charge in [0.15, 0.2) is 0 Å². The smallest absolute Gasteiger partial charge is 0.228 e. The van der Waals surface area contributed by atoms with Gasteiger partial charge in [0, 0.05) is 6.20 Å². The molecule has 0 atom stereocenters. The molecule has 54 valence electrons. The van der Waals surface area contributed by atoms with E-state index in [2.05, 4.69) is 20.9 Å². The number of anilines is 1. The summed E-state index contributed by atoms with van der Waals surface area (Å²) in [6.07, 6.45) is 1.34. The molecule has 0 saturated carbocycles. The molecule has 0 aliphatic heterocycles. The van der Waals surface area contributed by atoms with Gasteiger partial charge in [-0.15, -0.1) is 0 Å². The van der Waals surface area contributed by atoms with Crippen LogP contribution >= 0.6 is 38.5 Å². The van der Waals surface area contributed by atoms with Gasteiger partial charge in [0.2, 0.25) is 5.95 Å². The third-order valence-corrected chi connectivity index (χ3v) is 2.62. The molecule has 0 radical (unpaired) electrons. The maximum atomic E-state index is 12.5. The fourth-order valence-corrected chi connectivity index (χ4v) is 1.56. The van der Waals surface area contributed by atoms with Crippen molar-refractivity contribution in [3.63, 3.8) is 0 Å². The van der Waals surface area contributed by atoms with Crippen LogP contribution in [0.1, 0.15) is 0 Å². The fourth-order valence-electron chi connectivity index (χ4n) is 0.456. The summed E-state index contributed by atoms with van der Waals surface area (Å²) in [5.41, 5.74) is 5.84. The van der Waals surface area contributed by atoms with Crippen LogP contribution in [0.15, 0.2) is 10.7 Å². The van der Waals surface area contributed by atoms with Gasteiger partial charge < -0.3 is 5.73 Å². The normalized spacial score (nSPS) is 9.90. The Morgan fingerprint density at radius 2 is 2.30 bits per heavy atom. The molecule has 0 spiro atoms. The van der Waals surface area contributed by atoms with Gasteiger partial charge >= 0.3 is 0 Å². The third-order valence-electron chi connectivity index (χ3n) is 0.966. The van der Waals surface area contributed by atoms with Crippen molar-refractivity contribution in [2.45, 2.75) is 0 Å². The molecule has 0 amide bonds. The van der Waals surface area contributed by atoms with Gasteiger partial charge in [-0.3, -0.25) is 0 Å². The van der Waals surface area contributed by atoms with Crippen LogP contribution in [-0.4, -0.2) is 4.98 Å². The Morgan fingerprint density at radius 1 is 1.70 bits per heavy atom. The average molecular weight is 317 g/mol. The maximum Gasteiger partial charge on any atom is 0.228 e. The third kappa shape index (κ3) is 1.39. The summed E-state index contributed by atoms with van der Waals surface area (Å²) in [6, 6.07) is 0. The van der Waals surface area contributed by atoms with E-state index in [1.807, 2.05) is 0 Å². The Labute approximate surface area is 79.3 Å². The molecular formula is C5H3BrFIN2. The minimum absolute atomic E-state index is 0.354. The first-order valence-corrected chi connectivity index (χ1v) is 4.25. The number of nitrogens with two attached hydrogens (primary N) is 1. The second-order valence-corrected chi connectivity index (χ2v) is 3.56. The standard InChI is InChI=1S/C5H3BrFIN2/c6-2-1-10-5(7)3(8)4(2)9/h1H,(H2,9,10). The lowest BCUT2D eigenvalue weighted by atomic mass is 10.4. The van der Waals surface area contributed by atoms with Crippen molar-refractivity contribution >= 4 is 44.2 Å². The molecule has 0 bridgehead atoms. The van der Waals surface area contributed by atoms with E-state index >= 15 is 0 Å². The minimum atomic E-state index is -0.527. The van der Waals surface area contributed by atoms with E-state index in [0.717, 1.165) is 0 Å². The molecule has 1 heterocycles. The van der Waals surface area contributed by atoms with E-state index in [1.54, 1.807) is 22.6 Å². The molecule has 1 rings (SSSR count). The monoisotopic (exact) mass is 316 g/mol. The summed E-state index contributed by atoms with van der Waals surface area (Å²) < 4.78 is 13.5. The van der Waals surface area contributed by atoms with E-state index < -0.39 is 5.95 Å². The quantitative estimate of drug-likeness (QED) is 0.588. The zero-order valence-corrected chi connectivity index (χ0v) is 8.48. The predicted molar refractivity (Wildman–Crippen MR) is 49.0 cm³/mol. The van der Waals surface area contributed by atoms with Crippen LogP contribution in [-0.2, 0) is 0 Å². The average Bonchev–Trinajstić information content (AvgIpc) is 1.93. The van der Waals surface area contributed by atoms with Crippen LogP contribution < -0.4 is 5.73 Å². The van der Waals surface area contributed by atoms with Gasteiger partial charge in [0.05, 0.1) is 13.7 Å². The Morgan fingerprint density at radius 3 is 2.80 bits per heavy atom. The van der Waals surface area contributed by atoms with Crippen molar-refractivity contribution in [2.24, 2.45) is 0 Å². The lowest BCUT2D eigenvalue weighted by molar-refractivity contribution is 0.576. The van der Waals surface area contributed by atoms with E-state index in [0.29, 0.717) is 13.7 Å². The second kappa shape index (κ2) is 3.00. The van der Waals surface area contributed by atoms with Crippen LogP contribution in [0, 0.1) is 9.52 Å². The Hall–Kier alpha value is 0.0900. The second-order valence-electron chi connectivity index (χ2n) is 1.62. The van der Waals surface area contributed by atoms with Gasteiger partial charge in [-0.2, -0.15) is 4.39 Å². The zero-order valence-electron chi connectivity index (χ0n) is 4.74. The van der Waals surface area contributed by atoms with Gasteiger partial charge in [0.25, 0.3) is 0 Å². The number of pyridine rings is 1. The van der Waals surface area contributed by atoms with Crippen molar-refractivity contribution in [3.8, 4) is 0 Å². The summed E-state index contributed by atoms with van der Waals surface area (Å²) in [6.45, 7) is 0. The van der Waals surface area contributed by atoms with Crippen LogP contribution in [0.4, 0.5) is 10.1 Å². The van der Waals surface area contributed by atoms with E-state index in [9.17, 15) is 4.39 Å². The molecule has 0 unspecified atom stereocenters. The van der Waals surface area contributed by atoms with Gasteiger partial charge in [-0.25, -0.2) is 4.98 Å². The lowest BCUT2D eigenvalue weighted by Crippen LogP contribution is -1.96. The molecule has 2 N–H and O–H groups in total. The Bertz CT molecular complexity index is 239. The van der Waals surface area contributed by atoms with Crippen LogP contribution in [0.2, 0.25) is 0 Å². The lowest BCUT2D eigenvalue weighted by Gasteiger charge is -1.99. The van der Waals surface area contributed by atoms with Crippen molar-refractivity contribution in [2.75, 3.05) is 5.73 Å². The number of halogens is 3. The highest BCUT2D eigenvalue weighted by atomic mass is 127. The van der Waals surface area contributed by atoms with Gasteiger partial charge in [-0.1, -0.05) is 0 Å². The largest absolute Gasteiger partial charge is 0.397 e. The van der Waals surface area contributed by atoms with Crippen molar-refractivity contribution < 1.29 is 4.39 Å². The van der Waals surface area contributed by atoms with Crippen molar-refractivity contribution in [1.29, 1.82) is 0 Å². The first kappa shape index (κ1) is 8.19. The number of aromatic nitrogens is 1. The summed E-state index contributed by atoms with van der Waals surface area (Å²) in [5.74, 6) is -0.527. The Balaban J connectivity index is 3.34. The van der Waals surface area contributed by atoms with Crippen molar-refractivity contribution in [1.82, 2.24) is 4.98 Å². The number of hydrogen-bond donors (Lipinski definition) is 1. The summed E-state index contributed by atoms with van der Waals surface area (Å²) >= 11 is 4.92. The van der Waals surface area contributed by atoms with Crippen LogP contribution in [0.5, 0.6) is 0 Å². The summed E-state index contributed by atoms with van der Waals surface area (Å²) in [5, 5.41) is 0. The minimum Gasteiger partial charge on any atom is -0.397 e. The maximum absolute atomic E-state index is 12.5. The molecular weight excluding hydrogens is 314 g/mol. The van der Waals surface area contributed by atoms with Gasteiger partial charge in [0.1, 0.15) is 0 Å². The fraction of sp³-hybridized carbons (Fsp3) is 0. The molecule has 5 heteroatoms. The molecule has 0 fully saturated rings.